The van der Waals surface area contributed by atoms with E-state index >= 15 is 0 Å². The van der Waals surface area contributed by atoms with Crippen LogP contribution < -0.4 is 0 Å². The van der Waals surface area contributed by atoms with E-state index in [4.69, 9.17) is 16.3 Å². The van der Waals surface area contributed by atoms with Gasteiger partial charge in [-0.2, -0.15) is 0 Å². The van der Waals surface area contributed by atoms with Crippen molar-refractivity contribution in [2.24, 2.45) is 5.92 Å². The number of hydrogen-bond donors (Lipinski definition) is 0. The lowest BCUT2D eigenvalue weighted by Gasteiger charge is -2.09. The minimum absolute atomic E-state index is 0.346. The molecule has 0 atom stereocenters. The summed E-state index contributed by atoms with van der Waals surface area (Å²) in [5.41, 5.74) is 0.462. The number of carbonyl (C=O) groups excluding carboxylic acids is 1. The molecule has 0 saturated carbocycles. The Morgan fingerprint density at radius 2 is 2.00 bits per heavy atom. The first-order valence-electron chi connectivity index (χ1n) is 6.30. The van der Waals surface area contributed by atoms with Crippen molar-refractivity contribution in [3.63, 3.8) is 0 Å². The summed E-state index contributed by atoms with van der Waals surface area (Å²) in [4.78, 5) is 16.1. The molecule has 0 spiro atoms. The lowest BCUT2D eigenvalue weighted by Crippen LogP contribution is -2.09. The first-order chi connectivity index (χ1) is 9.09. The highest BCUT2D eigenvalue weighted by atomic mass is 35.5. The molecule has 0 amide bonds. The summed E-state index contributed by atoms with van der Waals surface area (Å²) in [6.45, 7) is 4.60. The van der Waals surface area contributed by atoms with Crippen molar-refractivity contribution in [2.75, 3.05) is 6.61 Å². The third kappa shape index (κ3) is 3.24. The minimum Gasteiger partial charge on any atom is -0.462 e. The normalized spacial score (nSPS) is 10.9. The Morgan fingerprint density at radius 1 is 1.32 bits per heavy atom. The number of ether oxygens (including phenoxy) is 1. The molecule has 0 fully saturated rings. The summed E-state index contributed by atoms with van der Waals surface area (Å²) < 4.78 is 5.26. The summed E-state index contributed by atoms with van der Waals surface area (Å²) in [5, 5.41) is 1.94. The third-order valence-corrected chi connectivity index (χ3v) is 3.20. The van der Waals surface area contributed by atoms with Crippen LogP contribution >= 0.6 is 11.6 Å². The van der Waals surface area contributed by atoms with Gasteiger partial charge in [0, 0.05) is 17.0 Å². The fourth-order valence-electron chi connectivity index (χ4n) is 1.79. The molecule has 0 aliphatic carbocycles. The monoisotopic (exact) mass is 277 g/mol. The highest BCUT2D eigenvalue weighted by molar-refractivity contribution is 6.34. The Kier molecular flexibility index (Phi) is 4.38. The lowest BCUT2D eigenvalue weighted by molar-refractivity contribution is 0.0490. The van der Waals surface area contributed by atoms with E-state index in [0.29, 0.717) is 23.2 Å². The van der Waals surface area contributed by atoms with Gasteiger partial charge in [-0.15, -0.1) is 0 Å². The van der Waals surface area contributed by atoms with Crippen molar-refractivity contribution in [1.29, 1.82) is 0 Å². The molecule has 0 aliphatic heterocycles. The van der Waals surface area contributed by atoms with Crippen LogP contribution in [-0.4, -0.2) is 17.6 Å². The number of carbonyl (C=O) groups is 1. The van der Waals surface area contributed by atoms with Gasteiger partial charge in [0.25, 0.3) is 0 Å². The molecule has 0 bridgehead atoms. The second-order valence-electron chi connectivity index (χ2n) is 4.83. The van der Waals surface area contributed by atoms with Gasteiger partial charge in [-0.3, -0.25) is 0 Å². The second kappa shape index (κ2) is 6.02. The predicted octanol–water partition coefficient (Wildman–Crippen LogP) is 4.09. The van der Waals surface area contributed by atoms with Gasteiger partial charge in [-0.05, 0) is 12.3 Å². The Morgan fingerprint density at radius 3 is 2.68 bits per heavy atom. The van der Waals surface area contributed by atoms with Gasteiger partial charge in [-0.1, -0.05) is 49.7 Å². The van der Waals surface area contributed by atoms with Crippen LogP contribution in [0.1, 0.15) is 30.6 Å². The fourth-order valence-corrected chi connectivity index (χ4v) is 2.00. The molecule has 19 heavy (non-hydrogen) atoms. The van der Waals surface area contributed by atoms with Gasteiger partial charge in [0.15, 0.2) is 0 Å². The van der Waals surface area contributed by atoms with E-state index in [-0.39, 0.29) is 5.97 Å². The largest absolute Gasteiger partial charge is 0.462 e. The minimum atomic E-state index is -0.346. The van der Waals surface area contributed by atoms with Crippen molar-refractivity contribution in [2.45, 2.75) is 20.3 Å². The molecule has 1 heterocycles. The number of fused-ring (bicyclic) bond motifs is 1. The number of hydrogen-bond acceptors (Lipinski definition) is 3. The van der Waals surface area contributed by atoms with Gasteiger partial charge in [0.1, 0.15) is 5.15 Å². The van der Waals surface area contributed by atoms with Crippen molar-refractivity contribution in [3.8, 4) is 0 Å². The standard InChI is InChI=1S/C15H16ClNO2/c1-10(2)7-8-19-15(18)13-9-17-14(16)12-6-4-3-5-11(12)13/h3-6,9-10H,7-8H2,1-2H3. The van der Waals surface area contributed by atoms with Crippen LogP contribution in [0.2, 0.25) is 5.15 Å². The summed E-state index contributed by atoms with van der Waals surface area (Å²) in [5.74, 6) is 0.161. The van der Waals surface area contributed by atoms with Gasteiger partial charge in [0.2, 0.25) is 0 Å². The Hall–Kier alpha value is -1.61. The van der Waals surface area contributed by atoms with Gasteiger partial charge in [0.05, 0.1) is 12.2 Å². The molecule has 4 heteroatoms. The van der Waals surface area contributed by atoms with E-state index < -0.39 is 0 Å². The molecule has 2 aromatic rings. The van der Waals surface area contributed by atoms with E-state index in [1.807, 2.05) is 24.3 Å². The molecule has 0 N–H and O–H groups in total. The predicted molar refractivity (Wildman–Crippen MR) is 76.5 cm³/mol. The molecule has 0 unspecified atom stereocenters. The van der Waals surface area contributed by atoms with E-state index in [1.165, 1.54) is 6.20 Å². The highest BCUT2D eigenvalue weighted by Crippen LogP contribution is 2.24. The van der Waals surface area contributed by atoms with Gasteiger partial charge >= 0.3 is 5.97 Å². The number of esters is 1. The van der Waals surface area contributed by atoms with Crippen LogP contribution in [-0.2, 0) is 4.74 Å². The zero-order valence-electron chi connectivity index (χ0n) is 11.0. The number of benzene rings is 1. The second-order valence-corrected chi connectivity index (χ2v) is 5.18. The quantitative estimate of drug-likeness (QED) is 0.624. The zero-order chi connectivity index (χ0) is 13.8. The van der Waals surface area contributed by atoms with Crippen LogP contribution in [0, 0.1) is 5.92 Å². The number of aromatic nitrogens is 1. The van der Waals surface area contributed by atoms with Crippen LogP contribution in [0.5, 0.6) is 0 Å². The topological polar surface area (TPSA) is 39.2 Å². The van der Waals surface area contributed by atoms with E-state index in [1.54, 1.807) is 0 Å². The molecule has 1 aromatic carbocycles. The van der Waals surface area contributed by atoms with Crippen molar-refractivity contribution < 1.29 is 9.53 Å². The first-order valence-corrected chi connectivity index (χ1v) is 6.67. The highest BCUT2D eigenvalue weighted by Gasteiger charge is 2.13. The molecule has 1 aromatic heterocycles. The molecule has 2 rings (SSSR count). The molecule has 0 aliphatic rings. The fraction of sp³-hybridized carbons (Fsp3) is 0.333. The third-order valence-electron chi connectivity index (χ3n) is 2.89. The lowest BCUT2D eigenvalue weighted by atomic mass is 10.1. The maximum absolute atomic E-state index is 12.0. The van der Waals surface area contributed by atoms with Crippen molar-refractivity contribution >= 4 is 28.3 Å². The molecular formula is C15H16ClNO2. The maximum atomic E-state index is 12.0. The first kappa shape index (κ1) is 13.8. The molecule has 0 saturated heterocycles. The van der Waals surface area contributed by atoms with Crippen LogP contribution in [0.3, 0.4) is 0 Å². The van der Waals surface area contributed by atoms with E-state index in [9.17, 15) is 4.79 Å². The van der Waals surface area contributed by atoms with Gasteiger partial charge in [-0.25, -0.2) is 9.78 Å². The van der Waals surface area contributed by atoms with Crippen LogP contribution in [0.15, 0.2) is 30.5 Å². The summed E-state index contributed by atoms with van der Waals surface area (Å²) in [6, 6.07) is 7.42. The van der Waals surface area contributed by atoms with E-state index in [0.717, 1.165) is 17.2 Å². The molecular weight excluding hydrogens is 262 g/mol. The average Bonchev–Trinajstić information content (AvgIpc) is 2.39. The number of nitrogens with zero attached hydrogens (tertiary/aromatic N) is 1. The molecule has 0 radical (unpaired) electrons. The maximum Gasteiger partial charge on any atom is 0.340 e. The van der Waals surface area contributed by atoms with Gasteiger partial charge < -0.3 is 4.74 Å². The van der Waals surface area contributed by atoms with Crippen LogP contribution in [0.4, 0.5) is 0 Å². The summed E-state index contributed by atoms with van der Waals surface area (Å²) >= 11 is 6.02. The van der Waals surface area contributed by atoms with Crippen molar-refractivity contribution in [1.82, 2.24) is 4.98 Å². The molecule has 100 valence electrons. The average molecular weight is 278 g/mol. The summed E-state index contributed by atoms with van der Waals surface area (Å²) in [7, 11) is 0. The SMILES string of the molecule is CC(C)CCOC(=O)c1cnc(Cl)c2ccccc12. The van der Waals surface area contributed by atoms with Crippen molar-refractivity contribution in [3.05, 3.63) is 41.2 Å². The number of pyridine rings is 1. The Bertz CT molecular complexity index is 596. The van der Waals surface area contributed by atoms with Crippen LogP contribution in [0.25, 0.3) is 10.8 Å². The zero-order valence-corrected chi connectivity index (χ0v) is 11.8. The number of halogens is 1. The van der Waals surface area contributed by atoms with E-state index in [2.05, 4.69) is 18.8 Å². The summed E-state index contributed by atoms with van der Waals surface area (Å²) in [6.07, 6.45) is 2.33. The number of rotatable bonds is 4. The Balaban J connectivity index is 2.25. The smallest absolute Gasteiger partial charge is 0.340 e. The Labute approximate surface area is 117 Å². The molecule has 3 nitrogen and oxygen atoms in total.